The van der Waals surface area contributed by atoms with Crippen molar-refractivity contribution in [1.29, 1.82) is 0 Å². The predicted octanol–water partition coefficient (Wildman–Crippen LogP) is 1.73. The number of aryl methyl sites for hydroxylation is 2. The molecule has 0 radical (unpaired) electrons. The molecule has 1 atom stereocenters. The molecule has 29 heavy (non-hydrogen) atoms. The van der Waals surface area contributed by atoms with E-state index >= 15 is 0 Å². The average molecular weight is 396 g/mol. The Bertz CT molecular complexity index is 944. The van der Waals surface area contributed by atoms with E-state index in [-0.39, 0.29) is 17.7 Å². The van der Waals surface area contributed by atoms with Gasteiger partial charge in [-0.05, 0) is 32.0 Å². The second-order valence-electron chi connectivity index (χ2n) is 8.25. The van der Waals surface area contributed by atoms with Crippen LogP contribution in [0.25, 0.3) is 0 Å². The lowest BCUT2D eigenvalue weighted by molar-refractivity contribution is -0.137. The topological polar surface area (TPSA) is 83.4 Å². The summed E-state index contributed by atoms with van der Waals surface area (Å²) in [6.45, 7) is 7.71. The predicted molar refractivity (Wildman–Crippen MR) is 110 cm³/mol. The molecule has 2 aromatic heterocycles. The van der Waals surface area contributed by atoms with Crippen LogP contribution in [0.5, 0.6) is 0 Å². The van der Waals surface area contributed by atoms with Gasteiger partial charge in [-0.15, -0.1) is 0 Å². The van der Waals surface area contributed by atoms with Crippen molar-refractivity contribution in [3.8, 4) is 0 Å². The lowest BCUT2D eigenvalue weighted by Crippen LogP contribution is -2.67. The van der Waals surface area contributed by atoms with Crippen LogP contribution in [-0.2, 0) is 11.3 Å². The molecule has 2 aliphatic heterocycles. The van der Waals surface area contributed by atoms with E-state index in [0.29, 0.717) is 43.9 Å². The van der Waals surface area contributed by atoms with E-state index in [1.807, 2.05) is 43.5 Å². The monoisotopic (exact) mass is 396 g/mol. The third kappa shape index (κ3) is 3.36. The molecule has 0 saturated carbocycles. The molecule has 8 heteroatoms. The molecular formula is C21H28N6O2. The Morgan fingerprint density at radius 1 is 1.31 bits per heavy atom. The zero-order chi connectivity index (χ0) is 20.8. The maximum absolute atomic E-state index is 13.0. The Morgan fingerprint density at radius 2 is 2.03 bits per heavy atom. The molecule has 4 heterocycles. The van der Waals surface area contributed by atoms with Gasteiger partial charge < -0.3 is 15.1 Å². The van der Waals surface area contributed by atoms with Gasteiger partial charge in [0.1, 0.15) is 11.5 Å². The summed E-state index contributed by atoms with van der Waals surface area (Å²) >= 11 is 0. The van der Waals surface area contributed by atoms with Crippen molar-refractivity contribution in [2.45, 2.75) is 45.8 Å². The van der Waals surface area contributed by atoms with Gasteiger partial charge in [-0.2, -0.15) is 5.10 Å². The summed E-state index contributed by atoms with van der Waals surface area (Å²) < 4.78 is 1.90. The van der Waals surface area contributed by atoms with Crippen LogP contribution in [-0.4, -0.2) is 57.3 Å². The molecule has 0 aromatic carbocycles. The molecule has 8 nitrogen and oxygen atoms in total. The van der Waals surface area contributed by atoms with Crippen LogP contribution < -0.4 is 10.2 Å². The molecule has 2 aliphatic rings. The van der Waals surface area contributed by atoms with Crippen molar-refractivity contribution in [1.82, 2.24) is 25.0 Å². The van der Waals surface area contributed by atoms with Crippen molar-refractivity contribution >= 4 is 17.6 Å². The van der Waals surface area contributed by atoms with Gasteiger partial charge in [-0.1, -0.05) is 6.92 Å². The minimum absolute atomic E-state index is 0.0936. The van der Waals surface area contributed by atoms with Gasteiger partial charge in [-0.25, -0.2) is 4.98 Å². The fourth-order valence-electron chi connectivity index (χ4n) is 4.47. The van der Waals surface area contributed by atoms with Crippen LogP contribution in [0.15, 0.2) is 24.4 Å². The van der Waals surface area contributed by atoms with E-state index in [2.05, 4.69) is 20.3 Å². The Hall–Kier alpha value is -2.90. The van der Waals surface area contributed by atoms with E-state index in [9.17, 15) is 9.59 Å². The summed E-state index contributed by atoms with van der Waals surface area (Å²) in [4.78, 5) is 34.0. The van der Waals surface area contributed by atoms with Crippen LogP contribution in [0.1, 0.15) is 41.5 Å². The van der Waals surface area contributed by atoms with Crippen LogP contribution in [0, 0.1) is 19.8 Å². The number of hydrogen-bond acceptors (Lipinski definition) is 5. The number of amides is 2. The van der Waals surface area contributed by atoms with E-state index in [4.69, 9.17) is 0 Å². The number of carbonyl (C=O) groups is 2. The van der Waals surface area contributed by atoms with E-state index in [1.165, 1.54) is 0 Å². The molecule has 1 fully saturated rings. The highest BCUT2D eigenvalue weighted by atomic mass is 16.2. The van der Waals surface area contributed by atoms with Gasteiger partial charge in [0, 0.05) is 44.9 Å². The molecule has 0 aliphatic carbocycles. The highest BCUT2D eigenvalue weighted by Crippen LogP contribution is 2.35. The Labute approximate surface area is 170 Å². The molecular weight excluding hydrogens is 368 g/mol. The van der Waals surface area contributed by atoms with E-state index in [1.54, 1.807) is 18.3 Å². The molecule has 2 amide bonds. The maximum atomic E-state index is 13.0. The normalized spacial score (nSPS) is 19.1. The van der Waals surface area contributed by atoms with Gasteiger partial charge in [-0.3, -0.25) is 14.3 Å². The fourth-order valence-corrected chi connectivity index (χ4v) is 4.47. The highest BCUT2D eigenvalue weighted by molar-refractivity contribution is 6.01. The van der Waals surface area contributed by atoms with Crippen LogP contribution in [0.4, 0.5) is 5.82 Å². The third-order valence-electron chi connectivity index (χ3n) is 6.21. The largest absolute Gasteiger partial charge is 0.342 e. The molecule has 1 spiro atoms. The van der Waals surface area contributed by atoms with Gasteiger partial charge in [0.2, 0.25) is 5.91 Å². The molecule has 4 rings (SSSR count). The zero-order valence-corrected chi connectivity index (χ0v) is 17.5. The Balaban J connectivity index is 1.43. The lowest BCUT2D eigenvalue weighted by atomic mass is 9.91. The van der Waals surface area contributed by atoms with Gasteiger partial charge >= 0.3 is 0 Å². The number of nitrogens with zero attached hydrogens (tertiary/aromatic N) is 5. The first-order valence-corrected chi connectivity index (χ1v) is 10.1. The number of aromatic nitrogens is 3. The number of fused-ring (bicyclic) bond motifs is 1. The second kappa shape index (κ2) is 7.17. The summed E-state index contributed by atoms with van der Waals surface area (Å²) in [6.07, 6.45) is 3.05. The van der Waals surface area contributed by atoms with E-state index < -0.39 is 5.66 Å². The van der Waals surface area contributed by atoms with Gasteiger partial charge in [0.15, 0.2) is 0 Å². The minimum Gasteiger partial charge on any atom is -0.342 e. The van der Waals surface area contributed by atoms with E-state index in [0.717, 1.165) is 11.4 Å². The summed E-state index contributed by atoms with van der Waals surface area (Å²) in [5.74, 6) is 0.594. The number of likely N-dealkylation sites (tertiary alicyclic amines) is 1. The lowest BCUT2D eigenvalue weighted by Gasteiger charge is -2.50. The SMILES string of the molecule is Cc1cc(C)n(CC(C)C(=O)N2CCC3(CC2)NC(=O)c2cccnc2N3C)n1. The number of pyridine rings is 1. The maximum Gasteiger partial charge on any atom is 0.256 e. The quantitative estimate of drug-likeness (QED) is 0.854. The zero-order valence-electron chi connectivity index (χ0n) is 17.5. The molecule has 1 unspecified atom stereocenters. The van der Waals surface area contributed by atoms with Gasteiger partial charge in [0.25, 0.3) is 5.91 Å². The number of hydrogen-bond donors (Lipinski definition) is 1. The summed E-state index contributed by atoms with van der Waals surface area (Å²) in [5.41, 5.74) is 2.14. The second-order valence-corrected chi connectivity index (χ2v) is 8.25. The molecule has 0 bridgehead atoms. The van der Waals surface area contributed by atoms with Crippen molar-refractivity contribution in [3.05, 3.63) is 41.3 Å². The van der Waals surface area contributed by atoms with Crippen molar-refractivity contribution in [3.63, 3.8) is 0 Å². The van der Waals surface area contributed by atoms with Crippen molar-refractivity contribution in [2.75, 3.05) is 25.0 Å². The molecule has 2 aromatic rings. The summed E-state index contributed by atoms with van der Waals surface area (Å²) in [5, 5.41) is 7.64. The van der Waals surface area contributed by atoms with Crippen LogP contribution in [0.2, 0.25) is 0 Å². The summed E-state index contributed by atoms with van der Waals surface area (Å²) in [7, 11) is 1.97. The standard InChI is InChI=1S/C21H28N6O2/c1-14(13-27-16(3)12-15(2)24-27)20(29)26-10-7-21(8-11-26)23-19(28)17-6-5-9-22-18(17)25(21)4/h5-6,9,12,14H,7-8,10-11,13H2,1-4H3,(H,23,28). The number of piperidine rings is 1. The number of carbonyl (C=O) groups excluding carboxylic acids is 2. The fraction of sp³-hybridized carbons (Fsp3) is 0.524. The number of nitrogens with one attached hydrogen (secondary N) is 1. The third-order valence-corrected chi connectivity index (χ3v) is 6.21. The average Bonchev–Trinajstić information content (AvgIpc) is 3.03. The minimum atomic E-state index is -0.492. The van der Waals surface area contributed by atoms with Gasteiger partial charge in [0.05, 0.1) is 23.7 Å². The highest BCUT2D eigenvalue weighted by Gasteiger charge is 2.45. The van der Waals surface area contributed by atoms with Crippen LogP contribution in [0.3, 0.4) is 0 Å². The molecule has 1 saturated heterocycles. The van der Waals surface area contributed by atoms with Crippen molar-refractivity contribution < 1.29 is 9.59 Å². The Kier molecular flexibility index (Phi) is 4.80. The first kappa shape index (κ1) is 19.4. The Morgan fingerprint density at radius 3 is 2.69 bits per heavy atom. The number of rotatable bonds is 3. The first-order valence-electron chi connectivity index (χ1n) is 10.1. The molecule has 154 valence electrons. The van der Waals surface area contributed by atoms with Crippen LogP contribution >= 0.6 is 0 Å². The smallest absolute Gasteiger partial charge is 0.256 e. The number of anilines is 1. The summed E-state index contributed by atoms with van der Waals surface area (Å²) in [6, 6.07) is 5.59. The van der Waals surface area contributed by atoms with Crippen molar-refractivity contribution in [2.24, 2.45) is 5.92 Å². The molecule has 1 N–H and O–H groups in total. The first-order chi connectivity index (χ1) is 13.8.